The second-order valence-corrected chi connectivity index (χ2v) is 5.64. The molecule has 0 aliphatic carbocycles. The van der Waals surface area contributed by atoms with E-state index < -0.39 is 11.7 Å². The molecule has 3 rings (SSSR count). The Kier molecular flexibility index (Phi) is 3.41. The number of benzene rings is 2. The molecule has 1 amide bonds. The highest BCUT2D eigenvalue weighted by Crippen LogP contribution is 2.36. The van der Waals surface area contributed by atoms with E-state index in [4.69, 9.17) is 0 Å². The van der Waals surface area contributed by atoms with Crippen LogP contribution < -0.4 is 5.32 Å². The zero-order valence-corrected chi connectivity index (χ0v) is 11.5. The van der Waals surface area contributed by atoms with Crippen LogP contribution in [0.1, 0.15) is 5.56 Å². The summed E-state index contributed by atoms with van der Waals surface area (Å²) in [5.41, 5.74) is 1.24. The van der Waals surface area contributed by atoms with E-state index in [0.717, 1.165) is 17.0 Å². The van der Waals surface area contributed by atoms with Crippen LogP contribution in [0.5, 0.6) is 0 Å². The number of alkyl halides is 3. The van der Waals surface area contributed by atoms with Gasteiger partial charge in [-0.3, -0.25) is 4.79 Å². The Balaban J connectivity index is 2.00. The van der Waals surface area contributed by atoms with Crippen molar-refractivity contribution >= 4 is 23.4 Å². The Morgan fingerprint density at radius 2 is 1.81 bits per heavy atom. The van der Waals surface area contributed by atoms with Crippen molar-refractivity contribution in [1.29, 1.82) is 0 Å². The standard InChI is InChI=1S/C15H10F3NOS/c16-15(17,18)11-3-1-2-9(6-11)10-4-5-12-13(7-10)21-8-14(20)19-12/h1-7H,8H2,(H,19,20). The number of hydrogen-bond acceptors (Lipinski definition) is 2. The second-order valence-electron chi connectivity index (χ2n) is 4.63. The van der Waals surface area contributed by atoms with Crippen molar-refractivity contribution in [2.75, 3.05) is 11.1 Å². The number of thioether (sulfide) groups is 1. The first-order valence-electron chi connectivity index (χ1n) is 6.18. The first-order valence-corrected chi connectivity index (χ1v) is 7.16. The molecule has 0 spiro atoms. The average molecular weight is 309 g/mol. The topological polar surface area (TPSA) is 29.1 Å². The van der Waals surface area contributed by atoms with Gasteiger partial charge < -0.3 is 5.32 Å². The van der Waals surface area contributed by atoms with Crippen LogP contribution in [0.25, 0.3) is 11.1 Å². The van der Waals surface area contributed by atoms with Crippen LogP contribution in [-0.2, 0) is 11.0 Å². The van der Waals surface area contributed by atoms with Crippen LogP contribution in [-0.4, -0.2) is 11.7 Å². The van der Waals surface area contributed by atoms with Gasteiger partial charge in [-0.05, 0) is 35.4 Å². The molecule has 1 heterocycles. The average Bonchev–Trinajstić information content (AvgIpc) is 2.46. The lowest BCUT2D eigenvalue weighted by molar-refractivity contribution is -0.137. The van der Waals surface area contributed by atoms with Gasteiger partial charge in [0.15, 0.2) is 0 Å². The molecule has 0 bridgehead atoms. The van der Waals surface area contributed by atoms with Crippen molar-refractivity contribution in [2.24, 2.45) is 0 Å². The summed E-state index contributed by atoms with van der Waals surface area (Å²) in [6.07, 6.45) is -4.35. The molecule has 2 aromatic rings. The van der Waals surface area contributed by atoms with Gasteiger partial charge in [-0.25, -0.2) is 0 Å². The lowest BCUT2D eigenvalue weighted by Gasteiger charge is -2.17. The third kappa shape index (κ3) is 2.90. The summed E-state index contributed by atoms with van der Waals surface area (Å²) in [7, 11) is 0. The van der Waals surface area contributed by atoms with Crippen LogP contribution in [0.2, 0.25) is 0 Å². The highest BCUT2D eigenvalue weighted by atomic mass is 32.2. The van der Waals surface area contributed by atoms with Gasteiger partial charge in [-0.1, -0.05) is 18.2 Å². The van der Waals surface area contributed by atoms with Crippen molar-refractivity contribution in [3.63, 3.8) is 0 Å². The van der Waals surface area contributed by atoms with E-state index >= 15 is 0 Å². The Bertz CT molecular complexity index is 712. The molecule has 0 aromatic heterocycles. The lowest BCUT2D eigenvalue weighted by atomic mass is 10.0. The predicted molar refractivity (Wildman–Crippen MR) is 76.2 cm³/mol. The molecule has 2 aromatic carbocycles. The summed E-state index contributed by atoms with van der Waals surface area (Å²) in [6.45, 7) is 0. The molecule has 0 saturated heterocycles. The van der Waals surface area contributed by atoms with E-state index in [2.05, 4.69) is 5.32 Å². The van der Waals surface area contributed by atoms with Gasteiger partial charge >= 0.3 is 6.18 Å². The number of carbonyl (C=O) groups excluding carboxylic acids is 1. The molecule has 0 radical (unpaired) electrons. The Labute approximate surface area is 123 Å². The fraction of sp³-hybridized carbons (Fsp3) is 0.133. The molecule has 21 heavy (non-hydrogen) atoms. The van der Waals surface area contributed by atoms with Crippen LogP contribution in [0.3, 0.4) is 0 Å². The monoisotopic (exact) mass is 309 g/mol. The summed E-state index contributed by atoms with van der Waals surface area (Å²) in [4.78, 5) is 12.1. The van der Waals surface area contributed by atoms with Gasteiger partial charge in [0.1, 0.15) is 0 Å². The fourth-order valence-electron chi connectivity index (χ4n) is 2.13. The minimum atomic E-state index is -4.35. The summed E-state index contributed by atoms with van der Waals surface area (Å²) in [6, 6.07) is 10.4. The summed E-state index contributed by atoms with van der Waals surface area (Å²) < 4.78 is 38.2. The minimum Gasteiger partial charge on any atom is -0.324 e. The van der Waals surface area contributed by atoms with Gasteiger partial charge in [-0.15, -0.1) is 11.8 Å². The molecular formula is C15H10F3NOS. The van der Waals surface area contributed by atoms with E-state index in [1.807, 2.05) is 0 Å². The second kappa shape index (κ2) is 5.11. The van der Waals surface area contributed by atoms with Crippen LogP contribution in [0.4, 0.5) is 18.9 Å². The highest BCUT2D eigenvalue weighted by Gasteiger charge is 2.30. The molecular weight excluding hydrogens is 299 g/mol. The Morgan fingerprint density at radius 3 is 2.57 bits per heavy atom. The van der Waals surface area contributed by atoms with E-state index in [0.29, 0.717) is 22.6 Å². The van der Waals surface area contributed by atoms with Crippen molar-refractivity contribution in [3.8, 4) is 11.1 Å². The van der Waals surface area contributed by atoms with Crippen molar-refractivity contribution in [3.05, 3.63) is 48.0 Å². The number of amides is 1. The maximum atomic E-state index is 12.7. The van der Waals surface area contributed by atoms with E-state index in [-0.39, 0.29) is 5.91 Å². The van der Waals surface area contributed by atoms with E-state index in [9.17, 15) is 18.0 Å². The molecule has 1 aliphatic heterocycles. The number of anilines is 1. The highest BCUT2D eigenvalue weighted by molar-refractivity contribution is 8.00. The normalized spacial score (nSPS) is 14.5. The number of hydrogen-bond donors (Lipinski definition) is 1. The Morgan fingerprint density at radius 1 is 1.05 bits per heavy atom. The van der Waals surface area contributed by atoms with Crippen LogP contribution in [0.15, 0.2) is 47.4 Å². The number of carbonyl (C=O) groups is 1. The van der Waals surface area contributed by atoms with Crippen molar-refractivity contribution < 1.29 is 18.0 Å². The summed E-state index contributed by atoms with van der Waals surface area (Å²) in [5.74, 6) is 0.248. The SMILES string of the molecule is O=C1CSc2cc(-c3cccc(C(F)(F)F)c3)ccc2N1. The third-order valence-corrected chi connectivity index (χ3v) is 4.19. The van der Waals surface area contributed by atoms with Gasteiger partial charge in [0.25, 0.3) is 0 Å². The maximum Gasteiger partial charge on any atom is 0.416 e. The molecule has 108 valence electrons. The fourth-order valence-corrected chi connectivity index (χ4v) is 2.97. The third-order valence-electron chi connectivity index (χ3n) is 3.14. The number of halogens is 3. The number of nitrogens with one attached hydrogen (secondary N) is 1. The molecule has 1 N–H and O–H groups in total. The first kappa shape index (κ1) is 14.0. The van der Waals surface area contributed by atoms with E-state index in [1.165, 1.54) is 17.8 Å². The summed E-state index contributed by atoms with van der Waals surface area (Å²) >= 11 is 1.38. The lowest BCUT2D eigenvalue weighted by Crippen LogP contribution is -2.18. The van der Waals surface area contributed by atoms with Gasteiger partial charge in [-0.2, -0.15) is 13.2 Å². The molecule has 1 aliphatic rings. The van der Waals surface area contributed by atoms with Crippen molar-refractivity contribution in [2.45, 2.75) is 11.1 Å². The van der Waals surface area contributed by atoms with Crippen LogP contribution >= 0.6 is 11.8 Å². The molecule has 0 fully saturated rings. The van der Waals surface area contributed by atoms with E-state index in [1.54, 1.807) is 24.3 Å². The zero-order chi connectivity index (χ0) is 15.0. The maximum absolute atomic E-state index is 12.7. The molecule has 0 saturated carbocycles. The van der Waals surface area contributed by atoms with Crippen molar-refractivity contribution in [1.82, 2.24) is 0 Å². The summed E-state index contributed by atoms with van der Waals surface area (Å²) in [5, 5.41) is 2.73. The number of rotatable bonds is 1. The van der Waals surface area contributed by atoms with Gasteiger partial charge in [0.05, 0.1) is 17.0 Å². The zero-order valence-electron chi connectivity index (χ0n) is 10.7. The number of fused-ring (bicyclic) bond motifs is 1. The smallest absolute Gasteiger partial charge is 0.324 e. The molecule has 2 nitrogen and oxygen atoms in total. The first-order chi connectivity index (χ1) is 9.93. The largest absolute Gasteiger partial charge is 0.416 e. The van der Waals surface area contributed by atoms with Gasteiger partial charge in [0, 0.05) is 4.90 Å². The van der Waals surface area contributed by atoms with Gasteiger partial charge in [0.2, 0.25) is 5.91 Å². The predicted octanol–water partition coefficient (Wildman–Crippen LogP) is 4.42. The van der Waals surface area contributed by atoms with Crippen LogP contribution in [0, 0.1) is 0 Å². The minimum absolute atomic E-state index is 0.0701. The Hall–Kier alpha value is -1.95. The molecule has 0 atom stereocenters. The molecule has 0 unspecified atom stereocenters. The molecule has 6 heteroatoms. The quantitative estimate of drug-likeness (QED) is 0.845.